The molecule has 3 aromatic rings. The standard InChI is InChI=1S/C12H10N4OS3/c13-16-11(17)10-8(5-18-12-14-6-15-20-12)7-3-1-2-4-9(7)19-10/h1-4,6H,5,13H2,(H,16,17). The predicted octanol–water partition coefficient (Wildman–Crippen LogP) is 2.65. The highest BCUT2D eigenvalue weighted by Gasteiger charge is 2.18. The van der Waals surface area contributed by atoms with Crippen molar-refractivity contribution in [3.63, 3.8) is 0 Å². The number of carbonyl (C=O) groups is 1. The minimum atomic E-state index is -0.251. The number of aromatic nitrogens is 2. The molecule has 1 aromatic carbocycles. The van der Waals surface area contributed by atoms with E-state index in [-0.39, 0.29) is 5.91 Å². The molecule has 0 fully saturated rings. The maximum atomic E-state index is 11.9. The summed E-state index contributed by atoms with van der Waals surface area (Å²) in [4.78, 5) is 16.7. The molecule has 0 atom stereocenters. The first-order chi connectivity index (χ1) is 9.79. The number of thioether (sulfide) groups is 1. The number of nitrogens with one attached hydrogen (secondary N) is 1. The fourth-order valence-corrected chi connectivity index (χ4v) is 4.55. The molecule has 0 saturated heterocycles. The normalized spacial score (nSPS) is 10.8. The number of rotatable bonds is 4. The van der Waals surface area contributed by atoms with Gasteiger partial charge in [0.25, 0.3) is 5.91 Å². The minimum absolute atomic E-state index is 0.251. The van der Waals surface area contributed by atoms with Crippen LogP contribution < -0.4 is 11.3 Å². The first kappa shape index (κ1) is 13.5. The van der Waals surface area contributed by atoms with Crippen molar-refractivity contribution < 1.29 is 4.79 Å². The van der Waals surface area contributed by atoms with E-state index in [1.807, 2.05) is 24.3 Å². The third-order valence-electron chi connectivity index (χ3n) is 2.72. The van der Waals surface area contributed by atoms with Gasteiger partial charge in [-0.25, -0.2) is 10.8 Å². The molecule has 0 aliphatic rings. The van der Waals surface area contributed by atoms with Crippen LogP contribution in [-0.2, 0) is 5.75 Å². The molecule has 8 heteroatoms. The highest BCUT2D eigenvalue weighted by Crippen LogP contribution is 2.35. The molecule has 2 heterocycles. The lowest BCUT2D eigenvalue weighted by Crippen LogP contribution is -2.29. The molecule has 2 aromatic heterocycles. The lowest BCUT2D eigenvalue weighted by Gasteiger charge is -2.02. The molecule has 0 spiro atoms. The van der Waals surface area contributed by atoms with Crippen molar-refractivity contribution in [1.29, 1.82) is 0 Å². The Labute approximate surface area is 127 Å². The summed E-state index contributed by atoms with van der Waals surface area (Å²) in [7, 11) is 0. The molecular formula is C12H10N4OS3. The van der Waals surface area contributed by atoms with Crippen molar-refractivity contribution in [3.05, 3.63) is 41.0 Å². The third kappa shape index (κ3) is 2.55. The number of hydrazine groups is 1. The molecule has 20 heavy (non-hydrogen) atoms. The number of nitrogen functional groups attached to an aromatic ring is 1. The van der Waals surface area contributed by atoms with Gasteiger partial charge in [0.2, 0.25) is 0 Å². The van der Waals surface area contributed by atoms with Crippen LogP contribution in [-0.4, -0.2) is 15.3 Å². The van der Waals surface area contributed by atoms with Gasteiger partial charge in [0, 0.05) is 10.5 Å². The minimum Gasteiger partial charge on any atom is -0.289 e. The Hall–Kier alpha value is -1.48. The van der Waals surface area contributed by atoms with Gasteiger partial charge in [-0.15, -0.1) is 11.3 Å². The van der Waals surface area contributed by atoms with Gasteiger partial charge in [0.05, 0.1) is 4.88 Å². The largest absolute Gasteiger partial charge is 0.289 e. The maximum absolute atomic E-state index is 11.9. The summed E-state index contributed by atoms with van der Waals surface area (Å²) in [5.74, 6) is 5.68. The predicted molar refractivity (Wildman–Crippen MR) is 82.9 cm³/mol. The molecule has 3 N–H and O–H groups in total. The zero-order chi connectivity index (χ0) is 13.9. The smallest absolute Gasteiger partial charge is 0.275 e. The molecule has 0 bridgehead atoms. The first-order valence-corrected chi connectivity index (χ1v) is 8.28. The fourth-order valence-electron chi connectivity index (χ4n) is 1.85. The van der Waals surface area contributed by atoms with Gasteiger partial charge in [-0.05, 0) is 28.5 Å². The molecule has 0 aliphatic carbocycles. The molecule has 1 amide bonds. The Bertz CT molecular complexity index is 738. The highest BCUT2D eigenvalue weighted by molar-refractivity contribution is 8.00. The van der Waals surface area contributed by atoms with E-state index < -0.39 is 0 Å². The van der Waals surface area contributed by atoms with Gasteiger partial charge < -0.3 is 0 Å². The van der Waals surface area contributed by atoms with Gasteiger partial charge in [-0.2, -0.15) is 4.37 Å². The van der Waals surface area contributed by atoms with Crippen LogP contribution in [0.4, 0.5) is 0 Å². The van der Waals surface area contributed by atoms with Crippen molar-refractivity contribution >= 4 is 50.6 Å². The quantitative estimate of drug-likeness (QED) is 0.334. The Balaban J connectivity index is 1.99. The zero-order valence-corrected chi connectivity index (χ0v) is 12.6. The number of benzene rings is 1. The second-order valence-corrected chi connectivity index (χ2v) is 6.93. The summed E-state index contributed by atoms with van der Waals surface area (Å²) in [6, 6.07) is 7.96. The van der Waals surface area contributed by atoms with Gasteiger partial charge in [-0.3, -0.25) is 10.2 Å². The van der Waals surface area contributed by atoms with Crippen molar-refractivity contribution in [3.8, 4) is 0 Å². The first-order valence-electron chi connectivity index (χ1n) is 5.70. The second kappa shape index (κ2) is 5.88. The van der Waals surface area contributed by atoms with Crippen LogP contribution in [0, 0.1) is 0 Å². The summed E-state index contributed by atoms with van der Waals surface area (Å²) in [6.45, 7) is 0. The molecule has 3 rings (SSSR count). The zero-order valence-electron chi connectivity index (χ0n) is 10.2. The van der Waals surface area contributed by atoms with Crippen LogP contribution >= 0.6 is 34.6 Å². The highest BCUT2D eigenvalue weighted by atomic mass is 32.2. The molecule has 0 radical (unpaired) electrons. The maximum Gasteiger partial charge on any atom is 0.275 e. The van der Waals surface area contributed by atoms with Crippen LogP contribution in [0.15, 0.2) is 34.9 Å². The number of hydrogen-bond acceptors (Lipinski definition) is 7. The van der Waals surface area contributed by atoms with E-state index >= 15 is 0 Å². The summed E-state index contributed by atoms with van der Waals surface area (Å²) >= 11 is 4.38. The number of carbonyl (C=O) groups excluding carboxylic acids is 1. The number of thiophene rings is 1. The lowest BCUT2D eigenvalue weighted by molar-refractivity contribution is 0.0957. The Morgan fingerprint density at radius 1 is 1.40 bits per heavy atom. The summed E-state index contributed by atoms with van der Waals surface area (Å²) < 4.78 is 5.94. The average Bonchev–Trinajstić information content (AvgIpc) is 3.11. The number of fused-ring (bicyclic) bond motifs is 1. The summed E-state index contributed by atoms with van der Waals surface area (Å²) in [6.07, 6.45) is 1.53. The van der Waals surface area contributed by atoms with Crippen LogP contribution in [0.2, 0.25) is 0 Å². The number of amides is 1. The molecule has 0 aliphatic heterocycles. The van der Waals surface area contributed by atoms with Crippen molar-refractivity contribution in [1.82, 2.24) is 14.8 Å². The summed E-state index contributed by atoms with van der Waals surface area (Å²) in [5, 5.41) is 1.09. The van der Waals surface area contributed by atoms with E-state index in [1.54, 1.807) is 11.8 Å². The van der Waals surface area contributed by atoms with E-state index in [9.17, 15) is 4.79 Å². The Morgan fingerprint density at radius 3 is 3.00 bits per heavy atom. The van der Waals surface area contributed by atoms with E-state index in [0.29, 0.717) is 10.6 Å². The van der Waals surface area contributed by atoms with Crippen molar-refractivity contribution in [2.24, 2.45) is 5.84 Å². The Kier molecular flexibility index (Phi) is 3.97. The van der Waals surface area contributed by atoms with Gasteiger partial charge in [-0.1, -0.05) is 30.0 Å². The Morgan fingerprint density at radius 2 is 2.25 bits per heavy atom. The monoisotopic (exact) mass is 322 g/mol. The average molecular weight is 322 g/mol. The number of nitrogens with two attached hydrogens (primary N) is 1. The van der Waals surface area contributed by atoms with Gasteiger partial charge >= 0.3 is 0 Å². The molecule has 0 saturated carbocycles. The van der Waals surface area contributed by atoms with Crippen molar-refractivity contribution in [2.45, 2.75) is 10.1 Å². The molecule has 0 unspecified atom stereocenters. The third-order valence-corrected chi connectivity index (χ3v) is 5.75. The second-order valence-electron chi connectivity index (χ2n) is 3.88. The van der Waals surface area contributed by atoms with Crippen LogP contribution in [0.25, 0.3) is 10.1 Å². The van der Waals surface area contributed by atoms with Crippen LogP contribution in [0.3, 0.4) is 0 Å². The molecule has 5 nitrogen and oxygen atoms in total. The van der Waals surface area contributed by atoms with Gasteiger partial charge in [0.15, 0.2) is 4.34 Å². The molecular weight excluding hydrogens is 312 g/mol. The van der Waals surface area contributed by atoms with E-state index in [1.165, 1.54) is 29.2 Å². The van der Waals surface area contributed by atoms with E-state index in [4.69, 9.17) is 5.84 Å². The van der Waals surface area contributed by atoms with Crippen LogP contribution in [0.5, 0.6) is 0 Å². The van der Waals surface area contributed by atoms with E-state index in [0.717, 1.165) is 20.0 Å². The SMILES string of the molecule is NNC(=O)c1sc2ccccc2c1CSc1ncns1. The number of nitrogens with zero attached hydrogens (tertiary/aromatic N) is 2. The van der Waals surface area contributed by atoms with E-state index in [2.05, 4.69) is 14.8 Å². The fraction of sp³-hybridized carbons (Fsp3) is 0.0833. The van der Waals surface area contributed by atoms with Crippen LogP contribution in [0.1, 0.15) is 15.2 Å². The number of hydrogen-bond donors (Lipinski definition) is 2. The summed E-state index contributed by atoms with van der Waals surface area (Å²) in [5.41, 5.74) is 3.21. The molecule has 102 valence electrons. The lowest BCUT2D eigenvalue weighted by atomic mass is 10.1. The topological polar surface area (TPSA) is 80.9 Å². The van der Waals surface area contributed by atoms with Gasteiger partial charge in [0.1, 0.15) is 6.33 Å². The van der Waals surface area contributed by atoms with Crippen molar-refractivity contribution in [2.75, 3.05) is 0 Å².